The van der Waals surface area contributed by atoms with E-state index in [2.05, 4.69) is 26.3 Å². The maximum absolute atomic E-state index is 13.3. The Labute approximate surface area is 233 Å². The Kier molecular flexibility index (Phi) is 8.81. The topological polar surface area (TPSA) is 94.8 Å². The highest BCUT2D eigenvalue weighted by Gasteiger charge is 2.17. The third kappa shape index (κ3) is 6.23. The van der Waals surface area contributed by atoms with Gasteiger partial charge in [-0.3, -0.25) is 9.59 Å². The number of carbonyl (C=O) groups excluding carboxylic acids is 1. The summed E-state index contributed by atoms with van der Waals surface area (Å²) in [5.41, 5.74) is 1.57. The number of halogens is 2. The predicted octanol–water partition coefficient (Wildman–Crippen LogP) is 6.23. The van der Waals surface area contributed by atoms with Crippen LogP contribution in [0.5, 0.6) is 11.5 Å². The Morgan fingerprint density at radius 2 is 1.97 bits per heavy atom. The lowest BCUT2D eigenvalue weighted by Crippen LogP contribution is -2.23. The first kappa shape index (κ1) is 27.3. The van der Waals surface area contributed by atoms with Crippen molar-refractivity contribution in [3.8, 4) is 11.5 Å². The van der Waals surface area contributed by atoms with Gasteiger partial charge in [0.15, 0.2) is 18.1 Å². The molecule has 0 radical (unpaired) electrons. The normalized spacial score (nSPS) is 12.0. The van der Waals surface area contributed by atoms with Crippen LogP contribution < -0.4 is 20.3 Å². The van der Waals surface area contributed by atoms with Gasteiger partial charge in [0.05, 0.1) is 29.2 Å². The highest BCUT2D eigenvalue weighted by molar-refractivity contribution is 9.10. The molecule has 10 heteroatoms. The number of ether oxygens (including phenoxy) is 2. The zero-order valence-electron chi connectivity index (χ0n) is 21.1. The number of carbonyl (C=O) groups is 1. The molecular formula is C28H26BrClN4O4. The summed E-state index contributed by atoms with van der Waals surface area (Å²) in [6.45, 7) is 3.77. The maximum atomic E-state index is 13.3. The van der Waals surface area contributed by atoms with Crippen molar-refractivity contribution in [2.24, 2.45) is 5.10 Å². The number of amides is 1. The lowest BCUT2D eigenvalue weighted by molar-refractivity contribution is -0.118. The lowest BCUT2D eigenvalue weighted by atomic mass is 10.1. The van der Waals surface area contributed by atoms with Crippen LogP contribution in [0.2, 0.25) is 5.02 Å². The number of hydrogen-bond acceptors (Lipinski definition) is 6. The highest BCUT2D eigenvalue weighted by atomic mass is 79.9. The molecule has 0 spiro atoms. The van der Waals surface area contributed by atoms with E-state index >= 15 is 0 Å². The Morgan fingerprint density at radius 3 is 2.68 bits per heavy atom. The summed E-state index contributed by atoms with van der Waals surface area (Å²) in [6.07, 6.45) is 2.30. The van der Waals surface area contributed by atoms with Gasteiger partial charge in [0.25, 0.3) is 11.5 Å². The van der Waals surface area contributed by atoms with Gasteiger partial charge in [0.1, 0.15) is 5.82 Å². The van der Waals surface area contributed by atoms with Gasteiger partial charge in [-0.25, -0.2) is 4.98 Å². The molecule has 8 nitrogen and oxygen atoms in total. The number of nitrogens with one attached hydrogen (secondary N) is 1. The quantitative estimate of drug-likeness (QED) is 0.231. The average molecular weight is 598 g/mol. The summed E-state index contributed by atoms with van der Waals surface area (Å²) in [4.78, 5) is 30.4. The number of methoxy groups -OCH3 is 1. The number of nitrogens with zero attached hydrogens (tertiary/aromatic N) is 3. The van der Waals surface area contributed by atoms with Crippen LogP contribution in [0.3, 0.4) is 0 Å². The van der Waals surface area contributed by atoms with Crippen molar-refractivity contribution in [3.63, 3.8) is 0 Å². The van der Waals surface area contributed by atoms with E-state index in [0.29, 0.717) is 33.7 Å². The number of benzene rings is 3. The summed E-state index contributed by atoms with van der Waals surface area (Å²) in [7, 11) is 1.47. The van der Waals surface area contributed by atoms with E-state index in [1.165, 1.54) is 18.0 Å². The van der Waals surface area contributed by atoms with Crippen molar-refractivity contribution in [1.82, 2.24) is 9.66 Å². The Morgan fingerprint density at radius 1 is 1.21 bits per heavy atom. The smallest absolute Gasteiger partial charge is 0.282 e. The molecule has 0 aliphatic rings. The Hall–Kier alpha value is -3.69. The van der Waals surface area contributed by atoms with Gasteiger partial charge in [0.2, 0.25) is 0 Å². The van der Waals surface area contributed by atoms with E-state index < -0.39 is 0 Å². The van der Waals surface area contributed by atoms with Crippen molar-refractivity contribution in [3.05, 3.63) is 91.9 Å². The van der Waals surface area contributed by atoms with Crippen LogP contribution in [-0.2, 0) is 4.79 Å². The number of aromatic nitrogens is 2. The zero-order chi connectivity index (χ0) is 27.2. The standard InChI is InChI=1S/C28H26BrClN4O4/c1-4-17(2)27-33-23-11-10-19(29)14-21(23)28(36)34(27)31-15-18-12-22(30)26(24(13-18)37-3)38-16-25(35)32-20-8-6-5-7-9-20/h5-15,17H,4,16H2,1-3H3,(H,32,35)/t17-/m1/s1. The molecule has 1 aromatic heterocycles. The largest absolute Gasteiger partial charge is 0.493 e. The summed E-state index contributed by atoms with van der Waals surface area (Å²) in [6, 6.07) is 17.7. The second kappa shape index (κ2) is 12.2. The number of rotatable bonds is 9. The number of fused-ring (bicyclic) bond motifs is 1. The van der Waals surface area contributed by atoms with Gasteiger partial charge in [-0.1, -0.05) is 59.6 Å². The Balaban J connectivity index is 1.62. The molecule has 196 valence electrons. The fourth-order valence-corrected chi connectivity index (χ4v) is 4.35. The van der Waals surface area contributed by atoms with Crippen molar-refractivity contribution >= 4 is 56.2 Å². The van der Waals surface area contributed by atoms with Crippen LogP contribution in [-0.4, -0.2) is 35.5 Å². The summed E-state index contributed by atoms with van der Waals surface area (Å²) >= 11 is 9.90. The summed E-state index contributed by atoms with van der Waals surface area (Å²) in [5.74, 6) is 0.771. The molecule has 38 heavy (non-hydrogen) atoms. The lowest BCUT2D eigenvalue weighted by Gasteiger charge is -2.15. The minimum absolute atomic E-state index is 0.00355. The molecule has 0 unspecified atom stereocenters. The molecule has 0 aliphatic carbocycles. The molecule has 4 aromatic rings. The van der Waals surface area contributed by atoms with Crippen molar-refractivity contribution in [2.45, 2.75) is 26.2 Å². The summed E-state index contributed by atoms with van der Waals surface area (Å²) < 4.78 is 13.2. The first-order chi connectivity index (χ1) is 18.3. The first-order valence-electron chi connectivity index (χ1n) is 11.9. The average Bonchev–Trinajstić information content (AvgIpc) is 2.91. The second-order valence-corrected chi connectivity index (χ2v) is 9.86. The van der Waals surface area contributed by atoms with E-state index in [4.69, 9.17) is 26.1 Å². The van der Waals surface area contributed by atoms with Crippen LogP contribution in [0.4, 0.5) is 5.69 Å². The van der Waals surface area contributed by atoms with Gasteiger partial charge >= 0.3 is 0 Å². The van der Waals surface area contributed by atoms with Crippen molar-refractivity contribution < 1.29 is 14.3 Å². The zero-order valence-corrected chi connectivity index (χ0v) is 23.4. The van der Waals surface area contributed by atoms with Crippen LogP contribution in [0, 0.1) is 0 Å². The molecule has 0 fully saturated rings. The summed E-state index contributed by atoms with van der Waals surface area (Å²) in [5, 5.41) is 7.91. The number of para-hydroxylation sites is 1. The fraction of sp³-hybridized carbons (Fsp3) is 0.214. The van der Waals surface area contributed by atoms with Gasteiger partial charge in [-0.05, 0) is 54.4 Å². The highest BCUT2D eigenvalue weighted by Crippen LogP contribution is 2.36. The van der Waals surface area contributed by atoms with E-state index in [1.54, 1.807) is 30.3 Å². The number of hydrogen-bond donors (Lipinski definition) is 1. The fourth-order valence-electron chi connectivity index (χ4n) is 3.71. The third-order valence-corrected chi connectivity index (χ3v) is 6.64. The molecular weight excluding hydrogens is 572 g/mol. The van der Waals surface area contributed by atoms with E-state index in [1.807, 2.05) is 44.2 Å². The van der Waals surface area contributed by atoms with Crippen molar-refractivity contribution in [2.75, 3.05) is 19.0 Å². The molecule has 0 saturated heterocycles. The molecule has 4 rings (SSSR count). The minimum Gasteiger partial charge on any atom is -0.493 e. The monoisotopic (exact) mass is 596 g/mol. The molecule has 1 amide bonds. The van der Waals surface area contributed by atoms with Crippen LogP contribution in [0.25, 0.3) is 10.9 Å². The van der Waals surface area contributed by atoms with Crippen molar-refractivity contribution in [1.29, 1.82) is 0 Å². The molecule has 3 aromatic carbocycles. The van der Waals surface area contributed by atoms with E-state index in [-0.39, 0.29) is 34.8 Å². The van der Waals surface area contributed by atoms with Crippen LogP contribution in [0.15, 0.2) is 75.0 Å². The van der Waals surface area contributed by atoms with Gasteiger partial charge < -0.3 is 14.8 Å². The van der Waals surface area contributed by atoms with E-state index in [0.717, 1.165) is 10.9 Å². The second-order valence-electron chi connectivity index (χ2n) is 8.54. The third-order valence-electron chi connectivity index (χ3n) is 5.87. The first-order valence-corrected chi connectivity index (χ1v) is 13.1. The van der Waals surface area contributed by atoms with Crippen LogP contribution in [0.1, 0.15) is 37.6 Å². The molecule has 1 N–H and O–H groups in total. The maximum Gasteiger partial charge on any atom is 0.282 e. The van der Waals surface area contributed by atoms with E-state index in [9.17, 15) is 9.59 Å². The minimum atomic E-state index is -0.340. The molecule has 1 heterocycles. The number of anilines is 1. The molecule has 0 aliphatic heterocycles. The molecule has 1 atom stereocenters. The van der Waals surface area contributed by atoms with Gasteiger partial charge in [-0.15, -0.1) is 0 Å². The SMILES string of the molecule is CC[C@@H](C)c1nc2ccc(Br)cc2c(=O)n1N=Cc1cc(Cl)c(OCC(=O)Nc2ccccc2)c(OC)c1. The van der Waals surface area contributed by atoms with Gasteiger partial charge in [0, 0.05) is 16.1 Å². The predicted molar refractivity (Wildman–Crippen MR) is 154 cm³/mol. The molecule has 0 saturated carbocycles. The molecule has 0 bridgehead atoms. The van der Waals surface area contributed by atoms with Crippen LogP contribution >= 0.6 is 27.5 Å². The van der Waals surface area contributed by atoms with Gasteiger partial charge in [-0.2, -0.15) is 9.78 Å². The Bertz CT molecular complexity index is 1560.